The number of methoxy groups -OCH3 is 1. The first kappa shape index (κ1) is 16.1. The number of carbonyl (C=O) groups excluding carboxylic acids is 2. The summed E-state index contributed by atoms with van der Waals surface area (Å²) in [6.45, 7) is 2.09. The Morgan fingerprint density at radius 1 is 1.12 bits per heavy atom. The van der Waals surface area contributed by atoms with Crippen molar-refractivity contribution in [3.05, 3.63) is 54.1 Å². The summed E-state index contributed by atoms with van der Waals surface area (Å²) in [5.74, 6) is 0.0170. The average Bonchev–Trinajstić information content (AvgIpc) is 2.89. The largest absolute Gasteiger partial charge is 0.495 e. The molecule has 0 radical (unpaired) electrons. The third kappa shape index (κ3) is 2.97. The Balaban J connectivity index is 1.81. The number of benzene rings is 2. The van der Waals surface area contributed by atoms with Crippen LogP contribution in [-0.2, 0) is 16.0 Å². The second-order valence-corrected chi connectivity index (χ2v) is 5.69. The van der Waals surface area contributed by atoms with Crippen LogP contribution in [0.4, 0.5) is 11.4 Å². The summed E-state index contributed by atoms with van der Waals surface area (Å²) in [4.78, 5) is 26.3. The molecule has 0 aromatic heterocycles. The molecule has 124 valence electrons. The van der Waals surface area contributed by atoms with Crippen molar-refractivity contribution in [2.24, 2.45) is 0 Å². The SMILES string of the molecule is CCc1ccc(NC2CC(=O)N(c3ccccc3OC)C2=O)cc1. The van der Waals surface area contributed by atoms with Gasteiger partial charge in [0.2, 0.25) is 5.91 Å². The summed E-state index contributed by atoms with van der Waals surface area (Å²) < 4.78 is 5.27. The van der Waals surface area contributed by atoms with Crippen molar-refractivity contribution in [1.82, 2.24) is 0 Å². The zero-order valence-corrected chi connectivity index (χ0v) is 13.8. The van der Waals surface area contributed by atoms with Crippen molar-refractivity contribution in [2.45, 2.75) is 25.8 Å². The molecule has 1 heterocycles. The summed E-state index contributed by atoms with van der Waals surface area (Å²) >= 11 is 0. The van der Waals surface area contributed by atoms with Crippen LogP contribution in [0.5, 0.6) is 5.75 Å². The Morgan fingerprint density at radius 3 is 2.50 bits per heavy atom. The monoisotopic (exact) mass is 324 g/mol. The molecule has 1 unspecified atom stereocenters. The van der Waals surface area contributed by atoms with Crippen LogP contribution in [0.1, 0.15) is 18.9 Å². The molecule has 3 rings (SSSR count). The van der Waals surface area contributed by atoms with E-state index in [4.69, 9.17) is 4.74 Å². The fourth-order valence-corrected chi connectivity index (χ4v) is 2.85. The number of ether oxygens (including phenoxy) is 1. The minimum absolute atomic E-state index is 0.131. The van der Waals surface area contributed by atoms with Crippen molar-refractivity contribution in [3.8, 4) is 5.75 Å². The number of anilines is 2. The van der Waals surface area contributed by atoms with Crippen LogP contribution in [0.15, 0.2) is 48.5 Å². The highest BCUT2D eigenvalue weighted by molar-refractivity contribution is 6.23. The van der Waals surface area contributed by atoms with E-state index in [1.165, 1.54) is 17.6 Å². The van der Waals surface area contributed by atoms with E-state index in [1.54, 1.807) is 24.3 Å². The van der Waals surface area contributed by atoms with Crippen LogP contribution < -0.4 is 15.0 Å². The van der Waals surface area contributed by atoms with Gasteiger partial charge < -0.3 is 10.1 Å². The standard InChI is InChI=1S/C19H20N2O3/c1-3-13-8-10-14(11-9-13)20-15-12-18(22)21(19(15)23)16-6-4-5-7-17(16)24-2/h4-11,15,20H,3,12H2,1-2H3. The van der Waals surface area contributed by atoms with Crippen molar-refractivity contribution >= 4 is 23.2 Å². The van der Waals surface area contributed by atoms with Gasteiger partial charge in [-0.25, -0.2) is 4.90 Å². The topological polar surface area (TPSA) is 58.6 Å². The lowest BCUT2D eigenvalue weighted by Crippen LogP contribution is -2.35. The van der Waals surface area contributed by atoms with Gasteiger partial charge in [-0.2, -0.15) is 0 Å². The Hall–Kier alpha value is -2.82. The Labute approximate surface area is 141 Å². The van der Waals surface area contributed by atoms with E-state index in [0.29, 0.717) is 11.4 Å². The van der Waals surface area contributed by atoms with E-state index in [9.17, 15) is 9.59 Å². The molecule has 24 heavy (non-hydrogen) atoms. The summed E-state index contributed by atoms with van der Waals surface area (Å²) in [6, 6.07) is 14.4. The Kier molecular flexibility index (Phi) is 4.51. The van der Waals surface area contributed by atoms with Crippen molar-refractivity contribution in [1.29, 1.82) is 0 Å². The van der Waals surface area contributed by atoms with E-state index in [1.807, 2.05) is 24.3 Å². The minimum Gasteiger partial charge on any atom is -0.495 e. The van der Waals surface area contributed by atoms with Gasteiger partial charge in [0.1, 0.15) is 11.8 Å². The number of para-hydroxylation sites is 2. The predicted octanol–water partition coefficient (Wildman–Crippen LogP) is 3.00. The van der Waals surface area contributed by atoms with Crippen LogP contribution in [-0.4, -0.2) is 25.0 Å². The molecule has 1 N–H and O–H groups in total. The van der Waals surface area contributed by atoms with Crippen LogP contribution in [0.2, 0.25) is 0 Å². The third-order valence-corrected chi connectivity index (χ3v) is 4.18. The molecule has 2 amide bonds. The van der Waals surface area contributed by atoms with Gasteiger partial charge in [0.05, 0.1) is 19.2 Å². The normalized spacial score (nSPS) is 17.2. The maximum Gasteiger partial charge on any atom is 0.256 e. The molecule has 2 aromatic rings. The molecule has 1 aliphatic rings. The first-order valence-electron chi connectivity index (χ1n) is 7.99. The number of hydrogen-bond acceptors (Lipinski definition) is 4. The summed E-state index contributed by atoms with van der Waals surface area (Å²) in [5.41, 5.74) is 2.55. The molecule has 0 spiro atoms. The smallest absolute Gasteiger partial charge is 0.256 e. The Bertz CT molecular complexity index is 755. The number of aryl methyl sites for hydroxylation is 1. The quantitative estimate of drug-likeness (QED) is 0.859. The van der Waals surface area contributed by atoms with E-state index in [2.05, 4.69) is 12.2 Å². The first-order chi connectivity index (χ1) is 11.6. The van der Waals surface area contributed by atoms with Gasteiger partial charge in [0.15, 0.2) is 0 Å². The molecule has 1 atom stereocenters. The number of nitrogens with one attached hydrogen (secondary N) is 1. The van der Waals surface area contributed by atoms with E-state index < -0.39 is 6.04 Å². The summed E-state index contributed by atoms with van der Waals surface area (Å²) in [7, 11) is 1.52. The van der Waals surface area contributed by atoms with Gasteiger partial charge in [0, 0.05) is 5.69 Å². The van der Waals surface area contributed by atoms with E-state index in [0.717, 1.165) is 12.1 Å². The van der Waals surface area contributed by atoms with Crippen LogP contribution in [0.3, 0.4) is 0 Å². The van der Waals surface area contributed by atoms with E-state index in [-0.39, 0.29) is 18.2 Å². The van der Waals surface area contributed by atoms with Gasteiger partial charge in [-0.05, 0) is 36.2 Å². The highest BCUT2D eigenvalue weighted by Crippen LogP contribution is 2.32. The minimum atomic E-state index is -0.560. The lowest BCUT2D eigenvalue weighted by molar-refractivity contribution is -0.121. The number of nitrogens with zero attached hydrogens (tertiary/aromatic N) is 1. The van der Waals surface area contributed by atoms with Gasteiger partial charge in [-0.3, -0.25) is 9.59 Å². The molecule has 1 fully saturated rings. The lowest BCUT2D eigenvalue weighted by Gasteiger charge is -2.18. The zero-order chi connectivity index (χ0) is 17.1. The molecule has 5 heteroatoms. The van der Waals surface area contributed by atoms with Gasteiger partial charge in [-0.15, -0.1) is 0 Å². The molecular weight excluding hydrogens is 304 g/mol. The third-order valence-electron chi connectivity index (χ3n) is 4.18. The lowest BCUT2D eigenvalue weighted by atomic mass is 10.1. The second kappa shape index (κ2) is 6.74. The average molecular weight is 324 g/mol. The molecule has 0 aliphatic carbocycles. The van der Waals surface area contributed by atoms with Crippen LogP contribution in [0.25, 0.3) is 0 Å². The van der Waals surface area contributed by atoms with Crippen molar-refractivity contribution in [2.75, 3.05) is 17.3 Å². The highest BCUT2D eigenvalue weighted by atomic mass is 16.5. The molecular formula is C19H20N2O3. The van der Waals surface area contributed by atoms with Crippen LogP contribution >= 0.6 is 0 Å². The van der Waals surface area contributed by atoms with Gasteiger partial charge >= 0.3 is 0 Å². The van der Waals surface area contributed by atoms with Gasteiger partial charge in [0.25, 0.3) is 5.91 Å². The maximum atomic E-state index is 12.7. The molecule has 0 saturated carbocycles. The van der Waals surface area contributed by atoms with Crippen molar-refractivity contribution < 1.29 is 14.3 Å². The van der Waals surface area contributed by atoms with Crippen molar-refractivity contribution in [3.63, 3.8) is 0 Å². The number of hydrogen-bond donors (Lipinski definition) is 1. The highest BCUT2D eigenvalue weighted by Gasteiger charge is 2.40. The zero-order valence-electron chi connectivity index (χ0n) is 13.8. The fraction of sp³-hybridized carbons (Fsp3) is 0.263. The van der Waals surface area contributed by atoms with E-state index >= 15 is 0 Å². The molecule has 5 nitrogen and oxygen atoms in total. The number of amides is 2. The Morgan fingerprint density at radius 2 is 1.83 bits per heavy atom. The predicted molar refractivity (Wildman–Crippen MR) is 93.3 cm³/mol. The number of carbonyl (C=O) groups is 2. The maximum absolute atomic E-state index is 12.7. The molecule has 0 bridgehead atoms. The molecule has 1 saturated heterocycles. The molecule has 1 aliphatic heterocycles. The fourth-order valence-electron chi connectivity index (χ4n) is 2.85. The summed E-state index contributed by atoms with van der Waals surface area (Å²) in [5, 5.41) is 3.16. The van der Waals surface area contributed by atoms with Crippen LogP contribution in [0, 0.1) is 0 Å². The first-order valence-corrected chi connectivity index (χ1v) is 7.99. The molecule has 2 aromatic carbocycles. The number of rotatable bonds is 5. The number of imide groups is 1. The van der Waals surface area contributed by atoms with Gasteiger partial charge in [-0.1, -0.05) is 31.2 Å². The second-order valence-electron chi connectivity index (χ2n) is 5.69. The summed E-state index contributed by atoms with van der Waals surface area (Å²) in [6.07, 6.45) is 1.09.